The Labute approximate surface area is 77.3 Å². The molecule has 0 atom stereocenters. The van der Waals surface area contributed by atoms with E-state index in [1.54, 1.807) is 0 Å². The zero-order valence-electron chi connectivity index (χ0n) is 7.83. The van der Waals surface area contributed by atoms with Gasteiger partial charge >= 0.3 is 0 Å². The average molecular weight is 172 g/mol. The number of nitrogens with zero attached hydrogens (tertiary/aromatic N) is 1. The zero-order valence-corrected chi connectivity index (χ0v) is 7.83. The van der Waals surface area contributed by atoms with E-state index >= 15 is 0 Å². The van der Waals surface area contributed by atoms with Gasteiger partial charge in [-0.3, -0.25) is 0 Å². The lowest BCUT2D eigenvalue weighted by molar-refractivity contribution is 1.27. The Morgan fingerprint density at radius 2 is 2.08 bits per heavy atom. The number of imidazole rings is 1. The molecule has 66 valence electrons. The van der Waals surface area contributed by atoms with Crippen LogP contribution in [0.15, 0.2) is 29.8 Å². The summed E-state index contributed by atoms with van der Waals surface area (Å²) in [7, 11) is 0. The molecule has 0 saturated carbocycles. The molecule has 1 aromatic heterocycles. The SMILES string of the molecule is CC(C)=Cc1nc2ccccc2[nH]1. The average Bonchev–Trinajstić information content (AvgIpc) is 2.44. The molecule has 0 aliphatic carbocycles. The van der Waals surface area contributed by atoms with Gasteiger partial charge in [0.05, 0.1) is 11.0 Å². The first-order chi connectivity index (χ1) is 6.25. The fourth-order valence-electron chi connectivity index (χ4n) is 1.31. The molecular formula is C11H12N2. The predicted octanol–water partition coefficient (Wildman–Crippen LogP) is 2.99. The number of hydrogen-bond acceptors (Lipinski definition) is 1. The summed E-state index contributed by atoms with van der Waals surface area (Å²) in [6.45, 7) is 4.13. The third-order valence-electron chi connectivity index (χ3n) is 1.83. The van der Waals surface area contributed by atoms with E-state index in [1.807, 2.05) is 30.3 Å². The van der Waals surface area contributed by atoms with E-state index in [-0.39, 0.29) is 0 Å². The minimum absolute atomic E-state index is 0.932. The summed E-state index contributed by atoms with van der Waals surface area (Å²) in [5.41, 5.74) is 3.36. The van der Waals surface area contributed by atoms with Crippen LogP contribution in [0.1, 0.15) is 19.7 Å². The van der Waals surface area contributed by atoms with Crippen molar-refractivity contribution in [2.75, 3.05) is 0 Å². The maximum absolute atomic E-state index is 4.42. The molecule has 0 fully saturated rings. The smallest absolute Gasteiger partial charge is 0.131 e. The topological polar surface area (TPSA) is 28.7 Å². The quantitative estimate of drug-likeness (QED) is 0.703. The molecule has 1 heterocycles. The number of nitrogens with one attached hydrogen (secondary N) is 1. The fourth-order valence-corrected chi connectivity index (χ4v) is 1.31. The van der Waals surface area contributed by atoms with Crippen LogP contribution in [-0.4, -0.2) is 9.97 Å². The van der Waals surface area contributed by atoms with Gasteiger partial charge in [0.1, 0.15) is 5.82 Å². The highest BCUT2D eigenvalue weighted by Gasteiger charge is 1.97. The maximum Gasteiger partial charge on any atom is 0.131 e. The van der Waals surface area contributed by atoms with Gasteiger partial charge in [0.2, 0.25) is 0 Å². The second kappa shape index (κ2) is 3.05. The van der Waals surface area contributed by atoms with Crippen LogP contribution in [0, 0.1) is 0 Å². The Hall–Kier alpha value is -1.57. The van der Waals surface area contributed by atoms with Crippen molar-refractivity contribution in [2.45, 2.75) is 13.8 Å². The molecule has 13 heavy (non-hydrogen) atoms. The van der Waals surface area contributed by atoms with Gasteiger partial charge in [-0.2, -0.15) is 0 Å². The van der Waals surface area contributed by atoms with Crippen LogP contribution < -0.4 is 0 Å². The van der Waals surface area contributed by atoms with Crippen molar-refractivity contribution in [1.29, 1.82) is 0 Å². The molecule has 0 saturated heterocycles. The highest BCUT2D eigenvalue weighted by atomic mass is 14.9. The van der Waals surface area contributed by atoms with Gasteiger partial charge in [0, 0.05) is 0 Å². The van der Waals surface area contributed by atoms with Crippen molar-refractivity contribution < 1.29 is 0 Å². The van der Waals surface area contributed by atoms with Crippen LogP contribution in [0.4, 0.5) is 0 Å². The molecule has 2 rings (SSSR count). The Kier molecular flexibility index (Phi) is 1.89. The van der Waals surface area contributed by atoms with Gasteiger partial charge in [-0.25, -0.2) is 4.98 Å². The number of benzene rings is 1. The van der Waals surface area contributed by atoms with Crippen LogP contribution in [0.25, 0.3) is 17.1 Å². The number of allylic oxidation sites excluding steroid dienone is 1. The van der Waals surface area contributed by atoms with E-state index in [9.17, 15) is 0 Å². The highest BCUT2D eigenvalue weighted by Crippen LogP contribution is 2.11. The standard InChI is InChI=1S/C11H12N2/c1-8(2)7-11-12-9-5-3-4-6-10(9)13-11/h3-7H,1-2H3,(H,12,13). The van der Waals surface area contributed by atoms with Crippen LogP contribution >= 0.6 is 0 Å². The Morgan fingerprint density at radius 1 is 1.31 bits per heavy atom. The Morgan fingerprint density at radius 3 is 2.77 bits per heavy atom. The second-order valence-electron chi connectivity index (χ2n) is 3.36. The minimum Gasteiger partial charge on any atom is -0.338 e. The lowest BCUT2D eigenvalue weighted by Gasteiger charge is -1.85. The summed E-state index contributed by atoms with van der Waals surface area (Å²) in [4.78, 5) is 7.66. The van der Waals surface area contributed by atoms with Gasteiger partial charge in [-0.1, -0.05) is 17.7 Å². The molecule has 0 aliphatic rings. The van der Waals surface area contributed by atoms with Crippen molar-refractivity contribution in [1.82, 2.24) is 9.97 Å². The van der Waals surface area contributed by atoms with Crippen molar-refractivity contribution >= 4 is 17.1 Å². The van der Waals surface area contributed by atoms with E-state index in [1.165, 1.54) is 5.57 Å². The van der Waals surface area contributed by atoms with Crippen LogP contribution in [0.5, 0.6) is 0 Å². The van der Waals surface area contributed by atoms with Crippen LogP contribution in [-0.2, 0) is 0 Å². The molecular weight excluding hydrogens is 160 g/mol. The van der Waals surface area contributed by atoms with Gasteiger partial charge in [-0.15, -0.1) is 0 Å². The largest absolute Gasteiger partial charge is 0.338 e. The summed E-state index contributed by atoms with van der Waals surface area (Å²) < 4.78 is 0. The second-order valence-corrected chi connectivity index (χ2v) is 3.36. The van der Waals surface area contributed by atoms with E-state index in [0.717, 1.165) is 16.9 Å². The summed E-state index contributed by atoms with van der Waals surface area (Å²) in [6.07, 6.45) is 2.04. The highest BCUT2D eigenvalue weighted by molar-refractivity contribution is 5.76. The predicted molar refractivity (Wildman–Crippen MR) is 55.4 cm³/mol. The summed E-state index contributed by atoms with van der Waals surface area (Å²) in [5.74, 6) is 0.932. The molecule has 2 nitrogen and oxygen atoms in total. The third-order valence-corrected chi connectivity index (χ3v) is 1.83. The molecule has 0 amide bonds. The number of para-hydroxylation sites is 2. The molecule has 0 unspecified atom stereocenters. The van der Waals surface area contributed by atoms with E-state index in [4.69, 9.17) is 0 Å². The molecule has 0 spiro atoms. The molecule has 0 bridgehead atoms. The normalized spacial score (nSPS) is 10.3. The molecule has 2 aromatic rings. The number of hydrogen-bond donors (Lipinski definition) is 1. The third kappa shape index (κ3) is 1.61. The van der Waals surface area contributed by atoms with Crippen molar-refractivity contribution in [3.8, 4) is 0 Å². The molecule has 0 radical (unpaired) electrons. The van der Waals surface area contributed by atoms with Gasteiger partial charge in [-0.05, 0) is 32.1 Å². The Bertz CT molecular complexity index is 415. The first-order valence-electron chi connectivity index (χ1n) is 4.35. The van der Waals surface area contributed by atoms with Crippen molar-refractivity contribution in [3.05, 3.63) is 35.7 Å². The molecule has 0 aliphatic heterocycles. The fraction of sp³-hybridized carbons (Fsp3) is 0.182. The monoisotopic (exact) mass is 172 g/mol. The van der Waals surface area contributed by atoms with E-state index in [2.05, 4.69) is 23.8 Å². The maximum atomic E-state index is 4.42. The van der Waals surface area contributed by atoms with Gasteiger partial charge in [0.25, 0.3) is 0 Å². The van der Waals surface area contributed by atoms with Crippen LogP contribution in [0.2, 0.25) is 0 Å². The first kappa shape index (κ1) is 8.05. The molecule has 1 aromatic carbocycles. The molecule has 1 N–H and O–H groups in total. The lowest BCUT2D eigenvalue weighted by Crippen LogP contribution is -1.74. The molecule has 2 heteroatoms. The first-order valence-corrected chi connectivity index (χ1v) is 4.35. The van der Waals surface area contributed by atoms with Gasteiger partial charge < -0.3 is 4.98 Å². The van der Waals surface area contributed by atoms with Gasteiger partial charge in [0.15, 0.2) is 0 Å². The van der Waals surface area contributed by atoms with Crippen LogP contribution in [0.3, 0.4) is 0 Å². The number of H-pyrrole nitrogens is 1. The van der Waals surface area contributed by atoms with Crippen molar-refractivity contribution in [2.24, 2.45) is 0 Å². The van der Waals surface area contributed by atoms with E-state index < -0.39 is 0 Å². The van der Waals surface area contributed by atoms with E-state index in [0.29, 0.717) is 0 Å². The Balaban J connectivity index is 2.56. The summed E-state index contributed by atoms with van der Waals surface area (Å²) in [5, 5.41) is 0. The minimum atomic E-state index is 0.932. The number of rotatable bonds is 1. The lowest BCUT2D eigenvalue weighted by atomic mass is 10.3. The number of aromatic amines is 1. The number of aromatic nitrogens is 2. The summed E-state index contributed by atoms with van der Waals surface area (Å²) >= 11 is 0. The number of fused-ring (bicyclic) bond motifs is 1. The van der Waals surface area contributed by atoms with Crippen molar-refractivity contribution in [3.63, 3.8) is 0 Å². The summed E-state index contributed by atoms with van der Waals surface area (Å²) in [6, 6.07) is 8.04. The zero-order chi connectivity index (χ0) is 9.26.